The Kier molecular flexibility index (Phi) is 24.4. The number of nitrogens with one attached hydrogen (secondary N) is 4. The number of fused-ring (bicyclic) bond motifs is 4. The van der Waals surface area contributed by atoms with Crippen molar-refractivity contribution in [2.45, 2.75) is 137 Å². The zero-order chi connectivity index (χ0) is 70.5. The second kappa shape index (κ2) is 32.5. The minimum absolute atomic E-state index is 0.116. The molecule has 0 spiro atoms. The maximum atomic E-state index is 12.8. The lowest BCUT2D eigenvalue weighted by molar-refractivity contribution is -0.138. The van der Waals surface area contributed by atoms with Crippen molar-refractivity contribution < 1.29 is 52.7 Å². The molecule has 0 saturated carbocycles. The molecule has 2 aromatic heterocycles. The van der Waals surface area contributed by atoms with E-state index in [1.807, 2.05) is 71.9 Å². The fourth-order valence-corrected chi connectivity index (χ4v) is 12.6. The van der Waals surface area contributed by atoms with E-state index in [4.69, 9.17) is 0 Å². The molecule has 27 nitrogen and oxygen atoms in total. The van der Waals surface area contributed by atoms with Gasteiger partial charge in [-0.25, -0.2) is 9.97 Å². The van der Waals surface area contributed by atoms with Crippen LogP contribution in [0.4, 0.5) is 11.4 Å². The van der Waals surface area contributed by atoms with Gasteiger partial charge < -0.3 is 24.5 Å². The Balaban J connectivity index is 0.000000162. The summed E-state index contributed by atoms with van der Waals surface area (Å²) < 4.78 is 2.76. The molecule has 6 saturated heterocycles. The third-order valence-electron chi connectivity index (χ3n) is 17.7. The molecule has 514 valence electrons. The van der Waals surface area contributed by atoms with Gasteiger partial charge in [0.05, 0.1) is 32.9 Å². The zero-order valence-electron chi connectivity index (χ0n) is 56.7. The Bertz CT molecular complexity index is 4040. The number of rotatable bonds is 6. The van der Waals surface area contributed by atoms with Crippen LogP contribution in [0.15, 0.2) is 94.5 Å². The Labute approximate surface area is 561 Å². The first-order valence-corrected chi connectivity index (χ1v) is 33.3. The van der Waals surface area contributed by atoms with Gasteiger partial charge in [-0.2, -0.15) is 0 Å². The number of likely N-dealkylation sites (N-methyl/N-ethyl adjacent to an activating group) is 2. The predicted molar refractivity (Wildman–Crippen MR) is 363 cm³/mol. The first-order valence-electron chi connectivity index (χ1n) is 33.3. The first kappa shape index (κ1) is 72.7. The van der Waals surface area contributed by atoms with Crippen LogP contribution in [0.25, 0.3) is 21.8 Å². The molecule has 0 radical (unpaired) electrons. The Morgan fingerprint density at radius 1 is 0.392 bits per heavy atom. The number of piperidine rings is 4. The van der Waals surface area contributed by atoms with Crippen molar-refractivity contribution in [3.63, 3.8) is 0 Å². The third kappa shape index (κ3) is 16.1. The number of aryl methyl sites for hydroxylation is 2. The number of benzene rings is 4. The van der Waals surface area contributed by atoms with Crippen molar-refractivity contribution in [1.29, 1.82) is 0 Å². The topological polar surface area (TPSA) is 325 Å². The van der Waals surface area contributed by atoms with Gasteiger partial charge in [-0.05, 0) is 120 Å². The maximum Gasteiger partial charge on any atom is 0.262 e. The number of anilines is 2. The summed E-state index contributed by atoms with van der Waals surface area (Å²) in [5.74, 6) is -3.17. The fraction of sp³-hybridized carbons (Fsp3) is 0.443. The number of piperazine rings is 2. The van der Waals surface area contributed by atoms with Crippen LogP contribution in [-0.2, 0) is 44.9 Å². The second-order valence-corrected chi connectivity index (χ2v) is 23.6. The normalized spacial score (nSPS) is 20.9. The van der Waals surface area contributed by atoms with Gasteiger partial charge >= 0.3 is 0 Å². The van der Waals surface area contributed by atoms with Crippen molar-refractivity contribution in [3.05, 3.63) is 140 Å². The van der Waals surface area contributed by atoms with E-state index in [0.717, 1.165) is 74.2 Å². The van der Waals surface area contributed by atoms with Gasteiger partial charge in [0.1, 0.15) is 35.8 Å². The highest BCUT2D eigenvalue weighted by Gasteiger charge is 2.45. The number of hydrogen-bond donors (Lipinski definition) is 4. The van der Waals surface area contributed by atoms with Gasteiger partial charge in [-0.1, -0.05) is 65.8 Å². The van der Waals surface area contributed by atoms with Gasteiger partial charge in [0.15, 0.2) is 0 Å². The van der Waals surface area contributed by atoms with E-state index in [1.54, 1.807) is 67.3 Å². The van der Waals surface area contributed by atoms with Crippen LogP contribution < -0.4 is 42.2 Å². The van der Waals surface area contributed by atoms with E-state index in [2.05, 4.69) is 71.0 Å². The van der Waals surface area contributed by atoms with Crippen LogP contribution in [0.5, 0.6) is 0 Å². The molecule has 10 heterocycles. The molecule has 27 heteroatoms. The van der Waals surface area contributed by atoms with Crippen LogP contribution in [0, 0.1) is 13.8 Å². The van der Waals surface area contributed by atoms with E-state index in [9.17, 15) is 62.3 Å². The highest BCUT2D eigenvalue weighted by Crippen LogP contribution is 2.33. The Morgan fingerprint density at radius 3 is 1.16 bits per heavy atom. The number of amides is 11. The van der Waals surface area contributed by atoms with Gasteiger partial charge in [-0.3, -0.25) is 97.6 Å². The highest BCUT2D eigenvalue weighted by molar-refractivity contribution is 6.24. The van der Waals surface area contributed by atoms with Crippen LogP contribution in [0.3, 0.4) is 0 Å². The van der Waals surface area contributed by atoms with Crippen molar-refractivity contribution in [1.82, 2.24) is 60.0 Å². The minimum Gasteiger partial charge on any atom is -0.369 e. The minimum atomic E-state index is -0.924. The number of aromatic nitrogens is 4. The first-order chi connectivity index (χ1) is 46.6. The van der Waals surface area contributed by atoms with Crippen LogP contribution >= 0.6 is 0 Å². The standard InChI is InChI=1S/C18H20N4O4.C18H22N4O3.2C14H13N3O3.3C2H6/c1-20-6-8-21(9-7-20)11-2-3-12-13(10-11)18(26)22(17(12)25)14-4-5-15(23)19-16(14)24;1-20-6-8-21(9-7-20)13-2-3-14-12(10-13)11-22(18(14)25)15-4-5-16(23)19-17(15)24;2*1-8-15-10-5-3-2-4-9(10)14(20)17(8)11-6-7-12(18)16-13(11)19;3*1-2/h2-3,10,14H,4-9H2,1H3,(H,19,23,24);2-3,10,15H,4-9,11H2,1H3,(H,19,23,24);2*2-5,11H,6-7H2,1H3,(H,16,18,19);3*1-2H3. The monoisotopic (exact) mass is 1330 g/mol. The second-order valence-electron chi connectivity index (χ2n) is 23.6. The summed E-state index contributed by atoms with van der Waals surface area (Å²) in [6, 6.07) is 22.4. The molecule has 8 aliphatic rings. The van der Waals surface area contributed by atoms with Crippen molar-refractivity contribution in [3.8, 4) is 0 Å². The zero-order valence-corrected chi connectivity index (χ0v) is 56.7. The summed E-state index contributed by atoms with van der Waals surface area (Å²) in [7, 11) is 4.19. The summed E-state index contributed by atoms with van der Waals surface area (Å²) >= 11 is 0. The summed E-state index contributed by atoms with van der Waals surface area (Å²) in [5, 5.41) is 10.0. The number of nitrogens with zero attached hydrogens (tertiary/aromatic N) is 10. The summed E-state index contributed by atoms with van der Waals surface area (Å²) in [4.78, 5) is 177. The van der Waals surface area contributed by atoms with E-state index >= 15 is 0 Å². The molecular formula is C70H86N14O13. The number of carbonyl (C=O) groups excluding carboxylic acids is 11. The van der Waals surface area contributed by atoms with E-state index in [-0.39, 0.29) is 78.7 Å². The number of hydrogen-bond acceptors (Lipinski definition) is 19. The third-order valence-corrected chi connectivity index (χ3v) is 17.7. The molecule has 4 unspecified atom stereocenters. The molecule has 8 aliphatic heterocycles. The molecule has 0 bridgehead atoms. The number of para-hydroxylation sites is 2. The predicted octanol–water partition coefficient (Wildman–Crippen LogP) is 4.48. The van der Waals surface area contributed by atoms with Gasteiger partial charge in [0, 0.05) is 102 Å². The largest absolute Gasteiger partial charge is 0.369 e. The van der Waals surface area contributed by atoms with Crippen LogP contribution in [0.2, 0.25) is 0 Å². The lowest BCUT2D eigenvalue weighted by Gasteiger charge is -2.34. The molecular weight excluding hydrogens is 1240 g/mol. The Morgan fingerprint density at radius 2 is 0.753 bits per heavy atom. The van der Waals surface area contributed by atoms with E-state index in [0.29, 0.717) is 76.0 Å². The van der Waals surface area contributed by atoms with Gasteiger partial charge in [-0.15, -0.1) is 0 Å². The van der Waals surface area contributed by atoms with Crippen molar-refractivity contribution >= 4 is 98.2 Å². The van der Waals surface area contributed by atoms with Crippen molar-refractivity contribution in [2.24, 2.45) is 0 Å². The number of imide groups is 5. The SMILES string of the molecule is CC.CC.CC.CN1CCN(c2ccc3c(c2)C(=O)N(C2CCC(=O)NC2=O)C3=O)CC1.CN1CCN(c2ccc3c(c2)CN(C2CCC(=O)NC2=O)C3=O)CC1.Cc1nc2ccccc2c(=O)n1C1CCC(=O)NC1=O.Cc1nc2ccccc2c(=O)n1C1CCC(=O)NC1=O. The quantitative estimate of drug-likeness (QED) is 0.167. The average molecular weight is 1330 g/mol. The number of carbonyl (C=O) groups is 11. The molecule has 6 aromatic rings. The maximum absolute atomic E-state index is 12.8. The van der Waals surface area contributed by atoms with E-state index in [1.165, 1.54) is 9.13 Å². The lowest BCUT2D eigenvalue weighted by atomic mass is 10.0. The molecule has 97 heavy (non-hydrogen) atoms. The van der Waals surface area contributed by atoms with Crippen LogP contribution in [0.1, 0.15) is 153 Å². The van der Waals surface area contributed by atoms with Crippen molar-refractivity contribution in [2.75, 3.05) is 76.3 Å². The molecule has 4 atom stereocenters. The molecule has 14 rings (SSSR count). The molecule has 4 aromatic carbocycles. The molecule has 11 amide bonds. The fourth-order valence-electron chi connectivity index (χ4n) is 12.6. The summed E-state index contributed by atoms with van der Waals surface area (Å²) in [6.07, 6.45) is 2.08. The smallest absolute Gasteiger partial charge is 0.262 e. The molecule has 4 N–H and O–H groups in total. The van der Waals surface area contributed by atoms with Gasteiger partial charge in [0.25, 0.3) is 28.8 Å². The Hall–Kier alpha value is -10.2. The van der Waals surface area contributed by atoms with Gasteiger partial charge in [0.2, 0.25) is 47.3 Å². The molecule has 6 fully saturated rings. The molecule has 0 aliphatic carbocycles. The highest BCUT2D eigenvalue weighted by atomic mass is 16.2. The average Bonchev–Trinajstić information content (AvgIpc) is 1.72. The lowest BCUT2D eigenvalue weighted by Crippen LogP contribution is -2.54. The van der Waals surface area contributed by atoms with Crippen LogP contribution in [-0.4, -0.2) is 182 Å². The summed E-state index contributed by atoms with van der Waals surface area (Å²) in [6.45, 7) is 23.4. The van der Waals surface area contributed by atoms with E-state index < -0.39 is 53.7 Å². The summed E-state index contributed by atoms with van der Waals surface area (Å²) in [5.41, 5.74) is 5.04.